The first kappa shape index (κ1) is 21.4. The molecule has 0 N–H and O–H groups in total. The van der Waals surface area contributed by atoms with Crippen molar-refractivity contribution >= 4 is 18.0 Å². The highest BCUT2D eigenvalue weighted by Gasteiger charge is 2.37. The van der Waals surface area contributed by atoms with Crippen molar-refractivity contribution < 1.29 is 14.3 Å². The third-order valence-electron chi connectivity index (χ3n) is 5.87. The lowest BCUT2D eigenvalue weighted by Gasteiger charge is -2.17. The molecule has 0 saturated carbocycles. The van der Waals surface area contributed by atoms with Crippen molar-refractivity contribution in [3.05, 3.63) is 106 Å². The normalized spacial score (nSPS) is 15.1. The molecule has 3 aromatic rings. The number of hydrogen-bond donors (Lipinski definition) is 0. The first-order chi connectivity index (χ1) is 15.4. The van der Waals surface area contributed by atoms with Crippen molar-refractivity contribution in [2.75, 3.05) is 7.11 Å². The molecule has 0 bridgehead atoms. The second kappa shape index (κ2) is 8.71. The monoisotopic (exact) mass is 426 g/mol. The van der Waals surface area contributed by atoms with Crippen LogP contribution in [0.15, 0.2) is 83.6 Å². The van der Waals surface area contributed by atoms with Crippen LogP contribution in [0.4, 0.5) is 0 Å². The Bertz CT molecular complexity index is 1230. The molecule has 0 saturated heterocycles. The maximum absolute atomic E-state index is 13.4. The molecule has 0 fully saturated rings. The fraction of sp³-hybridized carbons (Fsp3) is 0.185. The van der Waals surface area contributed by atoms with Crippen LogP contribution in [-0.2, 0) is 20.9 Å². The molecular formula is C27H26N2O3. The molecule has 4 rings (SSSR count). The average Bonchev–Trinajstić information content (AvgIpc) is 3.21. The summed E-state index contributed by atoms with van der Waals surface area (Å²) in [4.78, 5) is 27.7. The molecule has 5 heteroatoms. The molecule has 2 heterocycles. The molecule has 0 radical (unpaired) electrons. The van der Waals surface area contributed by atoms with Crippen LogP contribution >= 0.6 is 0 Å². The van der Waals surface area contributed by atoms with Crippen LogP contribution in [0.25, 0.3) is 11.8 Å². The van der Waals surface area contributed by atoms with E-state index in [4.69, 9.17) is 4.74 Å². The molecule has 0 unspecified atom stereocenters. The van der Waals surface area contributed by atoms with E-state index in [0.717, 1.165) is 28.2 Å². The van der Waals surface area contributed by atoms with Crippen LogP contribution in [0.2, 0.25) is 0 Å². The van der Waals surface area contributed by atoms with Gasteiger partial charge in [-0.1, -0.05) is 48.5 Å². The molecule has 1 aliphatic heterocycles. The summed E-state index contributed by atoms with van der Waals surface area (Å²) in [6.45, 7) is 6.23. The van der Waals surface area contributed by atoms with Gasteiger partial charge >= 0.3 is 5.97 Å². The van der Waals surface area contributed by atoms with Gasteiger partial charge in [-0.15, -0.1) is 0 Å². The highest BCUT2D eigenvalue weighted by atomic mass is 16.5. The predicted octanol–water partition coefficient (Wildman–Crippen LogP) is 4.97. The minimum Gasteiger partial charge on any atom is -0.465 e. The van der Waals surface area contributed by atoms with Gasteiger partial charge in [-0.05, 0) is 56.2 Å². The van der Waals surface area contributed by atoms with Crippen molar-refractivity contribution in [2.24, 2.45) is 0 Å². The lowest BCUT2D eigenvalue weighted by atomic mass is 10.0. The average molecular weight is 427 g/mol. The Hall–Kier alpha value is -3.86. The molecule has 1 aliphatic rings. The second-order valence-electron chi connectivity index (χ2n) is 7.88. The number of para-hydroxylation sites is 1. The fourth-order valence-corrected chi connectivity index (χ4v) is 4.25. The molecule has 32 heavy (non-hydrogen) atoms. The van der Waals surface area contributed by atoms with Gasteiger partial charge in [-0.2, -0.15) is 0 Å². The summed E-state index contributed by atoms with van der Waals surface area (Å²) in [7, 11) is 1.34. The van der Waals surface area contributed by atoms with Gasteiger partial charge in [0.05, 0.1) is 24.8 Å². The van der Waals surface area contributed by atoms with Gasteiger partial charge in [0.15, 0.2) is 0 Å². The van der Waals surface area contributed by atoms with E-state index < -0.39 is 5.97 Å². The van der Waals surface area contributed by atoms with E-state index in [1.807, 2.05) is 86.7 Å². The smallest absolute Gasteiger partial charge is 0.340 e. The Morgan fingerprint density at radius 2 is 1.59 bits per heavy atom. The Labute approximate surface area is 188 Å². The van der Waals surface area contributed by atoms with E-state index in [9.17, 15) is 9.59 Å². The summed E-state index contributed by atoms with van der Waals surface area (Å²) in [6, 6.07) is 21.8. The topological polar surface area (TPSA) is 51.5 Å². The molecule has 1 aromatic heterocycles. The van der Waals surface area contributed by atoms with E-state index in [-0.39, 0.29) is 5.91 Å². The first-order valence-electron chi connectivity index (χ1n) is 10.5. The summed E-state index contributed by atoms with van der Waals surface area (Å²) >= 11 is 0. The SMILES string of the molecule is COC(=O)C1=C(C)N(Cc2ccccc2)C(=O)/C1=C/c1cc(C)n(-c2ccccc2)c1C. The number of amides is 1. The molecular weight excluding hydrogens is 400 g/mol. The number of methoxy groups -OCH3 is 1. The van der Waals surface area contributed by atoms with Gasteiger partial charge < -0.3 is 14.2 Å². The predicted molar refractivity (Wildman–Crippen MR) is 125 cm³/mol. The lowest BCUT2D eigenvalue weighted by molar-refractivity contribution is -0.136. The minimum absolute atomic E-state index is 0.198. The van der Waals surface area contributed by atoms with Gasteiger partial charge in [0.1, 0.15) is 0 Å². The molecule has 5 nitrogen and oxygen atoms in total. The number of aryl methyl sites for hydroxylation is 1. The van der Waals surface area contributed by atoms with E-state index in [2.05, 4.69) is 4.57 Å². The highest BCUT2D eigenvalue weighted by molar-refractivity contribution is 6.16. The number of aromatic nitrogens is 1. The Morgan fingerprint density at radius 3 is 2.22 bits per heavy atom. The number of benzene rings is 2. The number of esters is 1. The summed E-state index contributed by atoms with van der Waals surface area (Å²) < 4.78 is 7.17. The van der Waals surface area contributed by atoms with Gasteiger partial charge in [0.2, 0.25) is 0 Å². The van der Waals surface area contributed by atoms with Gasteiger partial charge in [-0.25, -0.2) is 4.79 Å². The first-order valence-corrected chi connectivity index (χ1v) is 10.5. The van der Waals surface area contributed by atoms with Crippen LogP contribution in [-0.4, -0.2) is 28.5 Å². The molecule has 0 aliphatic carbocycles. The van der Waals surface area contributed by atoms with Crippen LogP contribution in [0, 0.1) is 13.8 Å². The summed E-state index contributed by atoms with van der Waals surface area (Å²) in [5.74, 6) is -0.703. The number of ether oxygens (including phenoxy) is 1. The molecule has 1 amide bonds. The van der Waals surface area contributed by atoms with Crippen LogP contribution < -0.4 is 0 Å². The number of hydrogen-bond acceptors (Lipinski definition) is 3. The molecule has 162 valence electrons. The Kier molecular flexibility index (Phi) is 5.82. The van der Waals surface area contributed by atoms with Crippen molar-refractivity contribution in [3.63, 3.8) is 0 Å². The second-order valence-corrected chi connectivity index (χ2v) is 7.88. The van der Waals surface area contributed by atoms with E-state index >= 15 is 0 Å². The largest absolute Gasteiger partial charge is 0.465 e. The van der Waals surface area contributed by atoms with E-state index in [1.165, 1.54) is 7.11 Å². The lowest BCUT2D eigenvalue weighted by Crippen LogP contribution is -2.24. The number of nitrogens with zero attached hydrogens (tertiary/aromatic N) is 2. The van der Waals surface area contributed by atoms with Gasteiger partial charge in [0.25, 0.3) is 5.91 Å². The van der Waals surface area contributed by atoms with Crippen molar-refractivity contribution in [3.8, 4) is 5.69 Å². The van der Waals surface area contributed by atoms with Crippen LogP contribution in [0.1, 0.15) is 29.4 Å². The van der Waals surface area contributed by atoms with Gasteiger partial charge in [0, 0.05) is 22.8 Å². The minimum atomic E-state index is -0.505. The van der Waals surface area contributed by atoms with Crippen LogP contribution in [0.5, 0.6) is 0 Å². The Morgan fingerprint density at radius 1 is 0.969 bits per heavy atom. The van der Waals surface area contributed by atoms with Crippen molar-refractivity contribution in [1.29, 1.82) is 0 Å². The number of carbonyl (C=O) groups is 2. The molecule has 2 aromatic carbocycles. The number of carbonyl (C=O) groups excluding carboxylic acids is 2. The Balaban J connectivity index is 1.78. The summed E-state index contributed by atoms with van der Waals surface area (Å²) in [5, 5.41) is 0. The van der Waals surface area contributed by atoms with Crippen molar-refractivity contribution in [2.45, 2.75) is 27.3 Å². The van der Waals surface area contributed by atoms with Crippen molar-refractivity contribution in [1.82, 2.24) is 9.47 Å². The quantitative estimate of drug-likeness (QED) is 0.428. The maximum atomic E-state index is 13.4. The molecule has 0 atom stereocenters. The zero-order valence-corrected chi connectivity index (χ0v) is 18.8. The molecule has 0 spiro atoms. The fourth-order valence-electron chi connectivity index (χ4n) is 4.25. The third-order valence-corrected chi connectivity index (χ3v) is 5.87. The standard InChI is InChI=1S/C27H26N2O3/c1-18-15-22(19(2)29(18)23-13-9-6-10-14-23)16-24-25(27(31)32-4)20(3)28(26(24)30)17-21-11-7-5-8-12-21/h5-16H,17H2,1-4H3/b24-16+. The summed E-state index contributed by atoms with van der Waals surface area (Å²) in [6.07, 6.45) is 1.81. The van der Waals surface area contributed by atoms with Gasteiger partial charge in [-0.3, -0.25) is 4.79 Å². The highest BCUT2D eigenvalue weighted by Crippen LogP contribution is 2.34. The third kappa shape index (κ3) is 3.78. The van der Waals surface area contributed by atoms with E-state index in [0.29, 0.717) is 23.4 Å². The number of rotatable bonds is 5. The zero-order valence-electron chi connectivity index (χ0n) is 18.8. The summed E-state index contributed by atoms with van der Waals surface area (Å²) in [5.41, 5.74) is 6.27. The van der Waals surface area contributed by atoms with Crippen LogP contribution in [0.3, 0.4) is 0 Å². The number of allylic oxidation sites excluding steroid dienone is 1. The zero-order chi connectivity index (χ0) is 22.8. The van der Waals surface area contributed by atoms with E-state index in [1.54, 1.807) is 11.8 Å². The maximum Gasteiger partial charge on any atom is 0.340 e.